The highest BCUT2D eigenvalue weighted by molar-refractivity contribution is 5.26. The molecule has 1 aromatic carbocycles. The third-order valence-electron chi connectivity index (χ3n) is 1.96. The van der Waals surface area contributed by atoms with Gasteiger partial charge in [0.05, 0.1) is 0 Å². The van der Waals surface area contributed by atoms with Crippen LogP contribution in [0, 0.1) is 0 Å². The Kier molecular flexibility index (Phi) is 3.49. The van der Waals surface area contributed by atoms with Crippen LogP contribution in [-0.4, -0.2) is 11.4 Å². The van der Waals surface area contributed by atoms with Gasteiger partial charge in [-0.1, -0.05) is 24.3 Å². The Bertz CT molecular complexity index is 346. The van der Waals surface area contributed by atoms with Gasteiger partial charge in [0.15, 0.2) is 0 Å². The van der Waals surface area contributed by atoms with Crippen LogP contribution in [0.25, 0.3) is 0 Å². The topological polar surface area (TPSA) is 32.3 Å². The second-order valence-corrected chi connectivity index (χ2v) is 3.10. The molecule has 0 aromatic heterocycles. The number of rotatable bonds is 3. The number of hydrogen-bond acceptors (Lipinski definition) is 2. The van der Waals surface area contributed by atoms with E-state index in [0.717, 1.165) is 12.1 Å². The first-order valence-electron chi connectivity index (χ1n) is 4.20. The van der Waals surface area contributed by atoms with Crippen molar-refractivity contribution in [2.75, 3.05) is 0 Å². The number of benzene rings is 1. The minimum Gasteiger partial charge on any atom is -0.316 e. The van der Waals surface area contributed by atoms with E-state index in [1.165, 1.54) is 0 Å². The highest BCUT2D eigenvalue weighted by Crippen LogP contribution is 2.43. The lowest BCUT2D eigenvalue weighted by Gasteiger charge is -2.19. The van der Waals surface area contributed by atoms with Crippen LogP contribution in [0.5, 0.6) is 0 Å². The summed E-state index contributed by atoms with van der Waals surface area (Å²) in [6, 6.07) is 3.52. The van der Waals surface area contributed by atoms with E-state index in [0.29, 0.717) is 17.7 Å². The van der Waals surface area contributed by atoms with Crippen molar-refractivity contribution in [2.45, 2.75) is 18.6 Å². The third kappa shape index (κ3) is 2.48. The van der Waals surface area contributed by atoms with E-state index in [2.05, 4.69) is 0 Å². The van der Waals surface area contributed by atoms with Gasteiger partial charge in [-0.15, -0.1) is 0 Å². The van der Waals surface area contributed by atoms with Gasteiger partial charge in [-0.25, -0.2) is 5.48 Å². The molecule has 16 heavy (non-hydrogen) atoms. The summed E-state index contributed by atoms with van der Waals surface area (Å²) in [7, 11) is 0. The van der Waals surface area contributed by atoms with Crippen LogP contribution in [-0.2, 0) is 12.5 Å². The van der Waals surface area contributed by atoms with Crippen molar-refractivity contribution >= 4 is 0 Å². The second-order valence-electron chi connectivity index (χ2n) is 3.10. The average molecular weight is 241 g/mol. The van der Waals surface area contributed by atoms with Crippen molar-refractivity contribution in [2.24, 2.45) is 0 Å². The quantitative estimate of drug-likeness (QED) is 0.630. The predicted molar refractivity (Wildman–Crippen MR) is 45.0 cm³/mol. The highest BCUT2D eigenvalue weighted by Gasteiger charge is 2.58. The van der Waals surface area contributed by atoms with E-state index < -0.39 is 17.7 Å². The summed E-state index contributed by atoms with van der Waals surface area (Å²) in [5.41, 5.74) is 1.03. The molecule has 0 aliphatic carbocycles. The molecule has 0 radical (unpaired) electrons. The summed E-state index contributed by atoms with van der Waals surface area (Å²) in [6.45, 7) is -0.0299. The van der Waals surface area contributed by atoms with Gasteiger partial charge < -0.3 is 5.21 Å². The molecule has 0 fully saturated rings. The fourth-order valence-corrected chi connectivity index (χ4v) is 1.09. The Labute approximate surface area is 87.7 Å². The molecular weight excluding hydrogens is 233 g/mol. The van der Waals surface area contributed by atoms with Gasteiger partial charge in [-0.3, -0.25) is 0 Å². The SMILES string of the molecule is ONCc1ccc(C(F)(F)C(F)(F)F)cc1. The number of alkyl halides is 5. The summed E-state index contributed by atoms with van der Waals surface area (Å²) in [5, 5.41) is 8.30. The van der Waals surface area contributed by atoms with Crippen molar-refractivity contribution < 1.29 is 27.2 Å². The number of hydroxylamine groups is 1. The first kappa shape index (κ1) is 12.9. The molecule has 2 nitrogen and oxygen atoms in total. The summed E-state index contributed by atoms with van der Waals surface area (Å²) in [5.74, 6) is -4.86. The van der Waals surface area contributed by atoms with Crippen LogP contribution in [0.1, 0.15) is 11.1 Å². The summed E-state index contributed by atoms with van der Waals surface area (Å²) in [4.78, 5) is 0. The van der Waals surface area contributed by atoms with E-state index in [1.807, 2.05) is 0 Å². The minimum atomic E-state index is -5.61. The van der Waals surface area contributed by atoms with Gasteiger partial charge in [0.25, 0.3) is 0 Å². The van der Waals surface area contributed by atoms with Crippen LogP contribution in [0.3, 0.4) is 0 Å². The molecule has 2 N–H and O–H groups in total. The molecule has 0 bridgehead atoms. The highest BCUT2D eigenvalue weighted by atomic mass is 19.4. The molecule has 1 rings (SSSR count). The van der Waals surface area contributed by atoms with Gasteiger partial charge in [0, 0.05) is 12.1 Å². The Hall–Kier alpha value is -1.21. The van der Waals surface area contributed by atoms with Crippen LogP contribution in [0.2, 0.25) is 0 Å². The molecule has 0 amide bonds. The summed E-state index contributed by atoms with van der Waals surface area (Å²) in [6.07, 6.45) is -5.61. The lowest BCUT2D eigenvalue weighted by Crippen LogP contribution is -2.33. The fourth-order valence-electron chi connectivity index (χ4n) is 1.09. The molecular formula is C9H8F5NO. The smallest absolute Gasteiger partial charge is 0.316 e. The van der Waals surface area contributed by atoms with Crippen LogP contribution in [0.15, 0.2) is 24.3 Å². The molecule has 1 aromatic rings. The molecule has 0 heterocycles. The normalized spacial score (nSPS) is 12.9. The number of halogens is 5. The van der Waals surface area contributed by atoms with E-state index in [-0.39, 0.29) is 6.54 Å². The molecule has 0 saturated heterocycles. The lowest BCUT2D eigenvalue weighted by molar-refractivity contribution is -0.289. The van der Waals surface area contributed by atoms with E-state index >= 15 is 0 Å². The molecule has 0 unspecified atom stereocenters. The maximum absolute atomic E-state index is 12.8. The van der Waals surface area contributed by atoms with Crippen LogP contribution < -0.4 is 5.48 Å². The second kappa shape index (κ2) is 4.34. The van der Waals surface area contributed by atoms with E-state index in [9.17, 15) is 22.0 Å². The van der Waals surface area contributed by atoms with Crippen molar-refractivity contribution in [1.29, 1.82) is 0 Å². The standard InChI is InChI=1S/C9H8F5NO/c10-8(11,9(12,13)14)7-3-1-6(2-4-7)5-15-16/h1-4,15-16H,5H2. The van der Waals surface area contributed by atoms with Crippen molar-refractivity contribution in [3.8, 4) is 0 Å². The largest absolute Gasteiger partial charge is 0.458 e. The molecule has 0 saturated carbocycles. The lowest BCUT2D eigenvalue weighted by atomic mass is 10.1. The molecule has 0 atom stereocenters. The first-order chi connectivity index (χ1) is 7.29. The monoisotopic (exact) mass is 241 g/mol. The Morgan fingerprint density at radius 1 is 1.00 bits per heavy atom. The third-order valence-corrected chi connectivity index (χ3v) is 1.96. The molecule has 0 aliphatic heterocycles. The number of hydrogen-bond donors (Lipinski definition) is 2. The van der Waals surface area contributed by atoms with Gasteiger partial charge in [-0.05, 0) is 5.56 Å². The zero-order chi connectivity index (χ0) is 12.4. The van der Waals surface area contributed by atoms with Crippen LogP contribution >= 0.6 is 0 Å². The van der Waals surface area contributed by atoms with Gasteiger partial charge in [0.2, 0.25) is 0 Å². The van der Waals surface area contributed by atoms with Crippen LogP contribution in [0.4, 0.5) is 22.0 Å². The summed E-state index contributed by atoms with van der Waals surface area (Å²) < 4.78 is 61.5. The van der Waals surface area contributed by atoms with Gasteiger partial charge in [-0.2, -0.15) is 22.0 Å². The van der Waals surface area contributed by atoms with Crippen molar-refractivity contribution in [3.05, 3.63) is 35.4 Å². The van der Waals surface area contributed by atoms with Gasteiger partial charge in [0.1, 0.15) is 0 Å². The van der Waals surface area contributed by atoms with E-state index in [4.69, 9.17) is 5.21 Å². The van der Waals surface area contributed by atoms with E-state index in [1.54, 1.807) is 5.48 Å². The minimum absolute atomic E-state index is 0.0299. The van der Waals surface area contributed by atoms with Gasteiger partial charge >= 0.3 is 12.1 Å². The average Bonchev–Trinajstić information content (AvgIpc) is 2.17. The first-order valence-corrected chi connectivity index (χ1v) is 4.20. The molecule has 90 valence electrons. The Balaban J connectivity index is 2.97. The molecule has 7 heteroatoms. The predicted octanol–water partition coefficient (Wildman–Crippen LogP) is 2.82. The maximum atomic E-state index is 12.8. The van der Waals surface area contributed by atoms with Crippen molar-refractivity contribution in [1.82, 2.24) is 5.48 Å². The zero-order valence-corrected chi connectivity index (χ0v) is 7.85. The van der Waals surface area contributed by atoms with Crippen molar-refractivity contribution in [3.63, 3.8) is 0 Å². The Morgan fingerprint density at radius 3 is 1.88 bits per heavy atom. The zero-order valence-electron chi connectivity index (χ0n) is 7.85. The Morgan fingerprint density at radius 2 is 1.50 bits per heavy atom. The number of nitrogens with one attached hydrogen (secondary N) is 1. The fraction of sp³-hybridized carbons (Fsp3) is 0.333. The summed E-state index contributed by atoms with van der Waals surface area (Å²) >= 11 is 0. The molecule has 0 aliphatic rings. The maximum Gasteiger partial charge on any atom is 0.458 e. The molecule has 0 spiro atoms.